The molecule has 1 amide bonds. The maximum absolute atomic E-state index is 12.2. The van der Waals surface area contributed by atoms with E-state index < -0.39 is 6.10 Å². The van der Waals surface area contributed by atoms with Gasteiger partial charge in [-0.25, -0.2) is 4.98 Å². The van der Waals surface area contributed by atoms with E-state index in [4.69, 9.17) is 16.3 Å². The minimum Gasteiger partial charge on any atom is -0.481 e. The molecule has 2 rings (SSSR count). The van der Waals surface area contributed by atoms with Crippen molar-refractivity contribution in [3.8, 4) is 5.75 Å². The van der Waals surface area contributed by atoms with Crippen molar-refractivity contribution >= 4 is 23.2 Å². The zero-order valence-electron chi connectivity index (χ0n) is 12.0. The molecule has 0 saturated heterocycles. The molecule has 5 heteroatoms. The van der Waals surface area contributed by atoms with Crippen LogP contribution in [0.4, 0.5) is 5.69 Å². The molecule has 4 nitrogen and oxygen atoms in total. The second-order valence-electron chi connectivity index (χ2n) is 4.69. The summed E-state index contributed by atoms with van der Waals surface area (Å²) in [6.07, 6.45) is 1.53. The van der Waals surface area contributed by atoms with E-state index in [-0.39, 0.29) is 5.91 Å². The Hall–Kier alpha value is -2.07. The van der Waals surface area contributed by atoms with Crippen molar-refractivity contribution in [2.45, 2.75) is 26.4 Å². The standard InChI is InChI=1S/C16H17ClN2O2/c1-3-14(21-13-7-4-11(2)5-8-13)16(20)19-12-6-9-15(17)18-10-12/h4-10,14H,3H2,1-2H3,(H,19,20). The van der Waals surface area contributed by atoms with Gasteiger partial charge in [0.25, 0.3) is 5.91 Å². The lowest BCUT2D eigenvalue weighted by atomic mass is 10.2. The number of carbonyl (C=O) groups excluding carboxylic acids is 1. The van der Waals surface area contributed by atoms with Crippen LogP contribution in [-0.2, 0) is 4.79 Å². The molecule has 0 bridgehead atoms. The summed E-state index contributed by atoms with van der Waals surface area (Å²) in [4.78, 5) is 16.1. The molecule has 0 fully saturated rings. The molecule has 1 heterocycles. The van der Waals surface area contributed by atoms with Crippen molar-refractivity contribution in [2.24, 2.45) is 0 Å². The lowest BCUT2D eigenvalue weighted by molar-refractivity contribution is -0.122. The Morgan fingerprint density at radius 3 is 2.57 bits per heavy atom. The number of carbonyl (C=O) groups is 1. The summed E-state index contributed by atoms with van der Waals surface area (Å²) in [6, 6.07) is 10.9. The van der Waals surface area contributed by atoms with E-state index in [1.54, 1.807) is 12.1 Å². The Kier molecular flexibility index (Phi) is 5.17. The van der Waals surface area contributed by atoms with Crippen LogP contribution in [0, 0.1) is 6.92 Å². The number of hydrogen-bond acceptors (Lipinski definition) is 3. The number of anilines is 1. The van der Waals surface area contributed by atoms with E-state index in [1.807, 2.05) is 38.1 Å². The fourth-order valence-electron chi connectivity index (χ4n) is 1.78. The number of amides is 1. The smallest absolute Gasteiger partial charge is 0.265 e. The maximum Gasteiger partial charge on any atom is 0.265 e. The van der Waals surface area contributed by atoms with Crippen molar-refractivity contribution in [3.63, 3.8) is 0 Å². The lowest BCUT2D eigenvalue weighted by Gasteiger charge is -2.17. The fraction of sp³-hybridized carbons (Fsp3) is 0.250. The summed E-state index contributed by atoms with van der Waals surface area (Å²) in [6.45, 7) is 3.90. The van der Waals surface area contributed by atoms with Crippen molar-refractivity contribution < 1.29 is 9.53 Å². The number of aromatic nitrogens is 1. The third kappa shape index (κ3) is 4.46. The largest absolute Gasteiger partial charge is 0.481 e. The molecule has 0 aliphatic heterocycles. The molecule has 110 valence electrons. The van der Waals surface area contributed by atoms with Crippen LogP contribution in [0.1, 0.15) is 18.9 Å². The fourth-order valence-corrected chi connectivity index (χ4v) is 1.89. The Bertz CT molecular complexity index is 597. The molecule has 0 aliphatic carbocycles. The van der Waals surface area contributed by atoms with Gasteiger partial charge in [0.15, 0.2) is 6.10 Å². The van der Waals surface area contributed by atoms with Gasteiger partial charge in [-0.15, -0.1) is 0 Å². The monoisotopic (exact) mass is 304 g/mol. The lowest BCUT2D eigenvalue weighted by Crippen LogP contribution is -2.32. The minimum atomic E-state index is -0.552. The van der Waals surface area contributed by atoms with Gasteiger partial charge in [-0.05, 0) is 37.6 Å². The first kappa shape index (κ1) is 15.3. The molecule has 1 aromatic carbocycles. The molecule has 0 aliphatic rings. The average Bonchev–Trinajstić information content (AvgIpc) is 2.49. The summed E-state index contributed by atoms with van der Waals surface area (Å²) < 4.78 is 5.72. The number of nitrogens with one attached hydrogen (secondary N) is 1. The van der Waals surface area contributed by atoms with Gasteiger partial charge in [0.05, 0.1) is 11.9 Å². The molecule has 1 unspecified atom stereocenters. The van der Waals surface area contributed by atoms with E-state index in [2.05, 4.69) is 10.3 Å². The van der Waals surface area contributed by atoms with Crippen LogP contribution in [0.5, 0.6) is 5.75 Å². The minimum absolute atomic E-state index is 0.206. The zero-order chi connectivity index (χ0) is 15.2. The molecule has 1 atom stereocenters. The molecular formula is C16H17ClN2O2. The SMILES string of the molecule is CCC(Oc1ccc(C)cc1)C(=O)Nc1ccc(Cl)nc1. The number of halogens is 1. The first-order valence-electron chi connectivity index (χ1n) is 6.74. The number of rotatable bonds is 5. The van der Waals surface area contributed by atoms with Gasteiger partial charge >= 0.3 is 0 Å². The van der Waals surface area contributed by atoms with Crippen LogP contribution in [0.3, 0.4) is 0 Å². The second-order valence-corrected chi connectivity index (χ2v) is 5.07. The number of nitrogens with zero attached hydrogens (tertiary/aromatic N) is 1. The number of pyridine rings is 1. The van der Waals surface area contributed by atoms with Gasteiger partial charge in [0, 0.05) is 0 Å². The van der Waals surface area contributed by atoms with Gasteiger partial charge in [-0.2, -0.15) is 0 Å². The number of benzene rings is 1. The third-order valence-corrected chi connectivity index (χ3v) is 3.18. The molecule has 1 aromatic heterocycles. The number of hydrogen-bond donors (Lipinski definition) is 1. The van der Waals surface area contributed by atoms with E-state index in [1.165, 1.54) is 6.20 Å². The van der Waals surface area contributed by atoms with Gasteiger partial charge in [0.1, 0.15) is 10.9 Å². The molecule has 0 saturated carbocycles. The van der Waals surface area contributed by atoms with Gasteiger partial charge < -0.3 is 10.1 Å². The van der Waals surface area contributed by atoms with Crippen LogP contribution in [0.25, 0.3) is 0 Å². The molecule has 1 N–H and O–H groups in total. The maximum atomic E-state index is 12.2. The molecule has 21 heavy (non-hydrogen) atoms. The van der Waals surface area contributed by atoms with Crippen LogP contribution >= 0.6 is 11.6 Å². The molecular weight excluding hydrogens is 288 g/mol. The van der Waals surface area contributed by atoms with E-state index in [0.29, 0.717) is 23.0 Å². The summed E-state index contributed by atoms with van der Waals surface area (Å²) in [7, 11) is 0. The van der Waals surface area contributed by atoms with Crippen molar-refractivity contribution in [3.05, 3.63) is 53.3 Å². The van der Waals surface area contributed by atoms with Crippen LogP contribution in [0.2, 0.25) is 5.15 Å². The topological polar surface area (TPSA) is 51.2 Å². The Morgan fingerprint density at radius 1 is 1.29 bits per heavy atom. The highest BCUT2D eigenvalue weighted by molar-refractivity contribution is 6.29. The first-order valence-corrected chi connectivity index (χ1v) is 7.12. The van der Waals surface area contributed by atoms with Crippen LogP contribution < -0.4 is 10.1 Å². The van der Waals surface area contributed by atoms with E-state index in [9.17, 15) is 4.79 Å². The summed E-state index contributed by atoms with van der Waals surface area (Å²) in [5.41, 5.74) is 1.74. The Labute approximate surface area is 129 Å². The third-order valence-electron chi connectivity index (χ3n) is 2.96. The van der Waals surface area contributed by atoms with Crippen molar-refractivity contribution in [1.29, 1.82) is 0 Å². The van der Waals surface area contributed by atoms with Crippen molar-refractivity contribution in [1.82, 2.24) is 4.98 Å². The summed E-state index contributed by atoms with van der Waals surface area (Å²) in [5, 5.41) is 3.15. The quantitative estimate of drug-likeness (QED) is 0.854. The van der Waals surface area contributed by atoms with Crippen LogP contribution in [-0.4, -0.2) is 17.0 Å². The Balaban J connectivity index is 2.01. The first-order chi connectivity index (χ1) is 10.1. The summed E-state index contributed by atoms with van der Waals surface area (Å²) >= 11 is 5.71. The highest BCUT2D eigenvalue weighted by Gasteiger charge is 2.18. The van der Waals surface area contributed by atoms with Gasteiger partial charge in [-0.1, -0.05) is 36.2 Å². The summed E-state index contributed by atoms with van der Waals surface area (Å²) in [5.74, 6) is 0.471. The number of ether oxygens (including phenoxy) is 1. The predicted molar refractivity (Wildman–Crippen MR) is 83.8 cm³/mol. The van der Waals surface area contributed by atoms with Crippen LogP contribution in [0.15, 0.2) is 42.6 Å². The Morgan fingerprint density at radius 2 is 2.00 bits per heavy atom. The normalized spacial score (nSPS) is 11.8. The molecule has 0 radical (unpaired) electrons. The van der Waals surface area contributed by atoms with E-state index in [0.717, 1.165) is 5.56 Å². The molecule has 2 aromatic rings. The average molecular weight is 305 g/mol. The predicted octanol–water partition coefficient (Wildman–Crippen LogP) is 3.84. The zero-order valence-corrected chi connectivity index (χ0v) is 12.7. The van der Waals surface area contributed by atoms with Gasteiger partial charge in [0.2, 0.25) is 0 Å². The number of aryl methyl sites for hydroxylation is 1. The second kappa shape index (κ2) is 7.09. The van der Waals surface area contributed by atoms with Gasteiger partial charge in [-0.3, -0.25) is 4.79 Å². The van der Waals surface area contributed by atoms with Crippen molar-refractivity contribution in [2.75, 3.05) is 5.32 Å². The van der Waals surface area contributed by atoms with E-state index >= 15 is 0 Å². The molecule has 0 spiro atoms. The highest BCUT2D eigenvalue weighted by atomic mass is 35.5. The highest BCUT2D eigenvalue weighted by Crippen LogP contribution is 2.16.